The van der Waals surface area contributed by atoms with Gasteiger partial charge in [0.25, 0.3) is 0 Å². The number of hydrogen-bond donors (Lipinski definition) is 1. The maximum Gasteiger partial charge on any atom is 0.224 e. The molecule has 0 aliphatic carbocycles. The Labute approximate surface area is 114 Å². The van der Waals surface area contributed by atoms with Crippen molar-refractivity contribution in [3.8, 4) is 0 Å². The van der Waals surface area contributed by atoms with E-state index in [4.69, 9.17) is 10.5 Å². The minimum Gasteiger partial charge on any atom is -0.381 e. The number of nitrogens with zero attached hydrogens (tertiary/aromatic N) is 1. The minimum absolute atomic E-state index is 0.0263. The van der Waals surface area contributed by atoms with Gasteiger partial charge in [0.05, 0.1) is 13.0 Å². The van der Waals surface area contributed by atoms with E-state index < -0.39 is 0 Å². The van der Waals surface area contributed by atoms with Crippen molar-refractivity contribution in [2.75, 3.05) is 26.3 Å². The number of ether oxygens (including phenoxy) is 1. The fourth-order valence-corrected chi connectivity index (χ4v) is 2.55. The molecular formula is C15H22N2O2. The predicted molar refractivity (Wildman–Crippen MR) is 74.8 cm³/mol. The number of likely N-dealkylation sites (tertiary alicyclic amines) is 1. The molecule has 0 spiro atoms. The molecule has 1 saturated heterocycles. The fraction of sp³-hybridized carbons (Fsp3) is 0.533. The van der Waals surface area contributed by atoms with Gasteiger partial charge in [-0.3, -0.25) is 4.79 Å². The largest absolute Gasteiger partial charge is 0.381 e. The van der Waals surface area contributed by atoms with Crippen LogP contribution in [0.2, 0.25) is 0 Å². The van der Waals surface area contributed by atoms with Crippen molar-refractivity contribution < 1.29 is 9.53 Å². The van der Waals surface area contributed by atoms with Gasteiger partial charge in [0.15, 0.2) is 0 Å². The van der Waals surface area contributed by atoms with Crippen LogP contribution in [-0.2, 0) is 9.53 Å². The molecule has 104 valence electrons. The van der Waals surface area contributed by atoms with E-state index in [0.29, 0.717) is 26.2 Å². The Balaban J connectivity index is 1.92. The van der Waals surface area contributed by atoms with Crippen molar-refractivity contribution in [2.24, 2.45) is 5.73 Å². The molecule has 2 rings (SSSR count). The molecule has 1 aromatic carbocycles. The normalized spacial score (nSPS) is 22.7. The minimum atomic E-state index is 0.0263. The average molecular weight is 262 g/mol. The van der Waals surface area contributed by atoms with Gasteiger partial charge in [0.2, 0.25) is 5.91 Å². The molecule has 1 fully saturated rings. The Morgan fingerprint density at radius 1 is 1.37 bits per heavy atom. The first-order valence-electron chi connectivity index (χ1n) is 6.88. The van der Waals surface area contributed by atoms with Crippen LogP contribution in [0.3, 0.4) is 0 Å². The summed E-state index contributed by atoms with van der Waals surface area (Å²) in [6.07, 6.45) is 0.446. The van der Waals surface area contributed by atoms with Crippen LogP contribution in [-0.4, -0.2) is 43.2 Å². The summed E-state index contributed by atoms with van der Waals surface area (Å²) in [4.78, 5) is 13.9. The lowest BCUT2D eigenvalue weighted by Gasteiger charge is -2.16. The third-order valence-corrected chi connectivity index (χ3v) is 3.61. The van der Waals surface area contributed by atoms with Gasteiger partial charge in [-0.15, -0.1) is 0 Å². The summed E-state index contributed by atoms with van der Waals surface area (Å²) in [5.41, 5.74) is 7.39. The molecule has 0 saturated carbocycles. The highest BCUT2D eigenvalue weighted by Crippen LogP contribution is 2.26. The summed E-state index contributed by atoms with van der Waals surface area (Å²) < 4.78 is 5.22. The average Bonchev–Trinajstić information content (AvgIpc) is 2.82. The summed E-state index contributed by atoms with van der Waals surface area (Å²) in [6.45, 7) is 4.44. The lowest BCUT2D eigenvalue weighted by Crippen LogP contribution is -2.32. The SMILES string of the molecule is CCOCCC(=O)N1C[C@H](c2ccccc2)[C@@H](N)C1. The van der Waals surface area contributed by atoms with Crippen LogP contribution in [0.1, 0.15) is 24.8 Å². The molecule has 4 nitrogen and oxygen atoms in total. The summed E-state index contributed by atoms with van der Waals surface area (Å²) >= 11 is 0. The van der Waals surface area contributed by atoms with Gasteiger partial charge in [0, 0.05) is 31.7 Å². The Morgan fingerprint density at radius 2 is 2.11 bits per heavy atom. The Morgan fingerprint density at radius 3 is 2.79 bits per heavy atom. The Kier molecular flexibility index (Phi) is 4.93. The van der Waals surface area contributed by atoms with Gasteiger partial charge in [-0.2, -0.15) is 0 Å². The number of rotatable bonds is 5. The summed E-state index contributed by atoms with van der Waals surface area (Å²) in [5.74, 6) is 0.388. The fourth-order valence-electron chi connectivity index (χ4n) is 2.55. The zero-order valence-corrected chi connectivity index (χ0v) is 11.4. The van der Waals surface area contributed by atoms with Crippen LogP contribution in [0.15, 0.2) is 30.3 Å². The van der Waals surface area contributed by atoms with E-state index in [2.05, 4.69) is 12.1 Å². The second-order valence-electron chi connectivity index (χ2n) is 4.93. The molecular weight excluding hydrogens is 240 g/mol. The van der Waals surface area contributed by atoms with Gasteiger partial charge < -0.3 is 15.4 Å². The standard InChI is InChI=1S/C15H22N2O2/c1-2-19-9-8-15(18)17-10-13(14(16)11-17)12-6-4-3-5-7-12/h3-7,13-14H,2,8-11,16H2,1H3/t13-,14+/m1/s1. The number of carbonyl (C=O) groups excluding carboxylic acids is 1. The smallest absolute Gasteiger partial charge is 0.224 e. The molecule has 19 heavy (non-hydrogen) atoms. The van der Waals surface area contributed by atoms with Gasteiger partial charge in [-0.05, 0) is 12.5 Å². The van der Waals surface area contributed by atoms with Crippen LogP contribution in [0.5, 0.6) is 0 Å². The second-order valence-corrected chi connectivity index (χ2v) is 4.93. The van der Waals surface area contributed by atoms with E-state index in [1.807, 2.05) is 30.0 Å². The van der Waals surface area contributed by atoms with Gasteiger partial charge in [-0.1, -0.05) is 30.3 Å². The second kappa shape index (κ2) is 6.68. The van der Waals surface area contributed by atoms with E-state index in [-0.39, 0.29) is 17.9 Å². The Hall–Kier alpha value is -1.39. The zero-order chi connectivity index (χ0) is 13.7. The van der Waals surface area contributed by atoms with E-state index >= 15 is 0 Å². The van der Waals surface area contributed by atoms with Crippen LogP contribution in [0.25, 0.3) is 0 Å². The third-order valence-electron chi connectivity index (χ3n) is 3.61. The predicted octanol–water partition coefficient (Wildman–Crippen LogP) is 1.37. The number of benzene rings is 1. The highest BCUT2D eigenvalue weighted by atomic mass is 16.5. The lowest BCUT2D eigenvalue weighted by atomic mass is 9.95. The van der Waals surface area contributed by atoms with Gasteiger partial charge in [-0.25, -0.2) is 0 Å². The molecule has 2 N–H and O–H groups in total. The third kappa shape index (κ3) is 3.55. The first kappa shape index (κ1) is 14.0. The first-order valence-corrected chi connectivity index (χ1v) is 6.88. The monoisotopic (exact) mass is 262 g/mol. The van der Waals surface area contributed by atoms with Gasteiger partial charge in [0.1, 0.15) is 0 Å². The van der Waals surface area contributed by atoms with Crippen LogP contribution in [0, 0.1) is 0 Å². The van der Waals surface area contributed by atoms with Crippen molar-refractivity contribution in [1.29, 1.82) is 0 Å². The van der Waals surface area contributed by atoms with Crippen molar-refractivity contribution in [2.45, 2.75) is 25.3 Å². The van der Waals surface area contributed by atoms with Gasteiger partial charge >= 0.3 is 0 Å². The summed E-state index contributed by atoms with van der Waals surface area (Å²) in [7, 11) is 0. The van der Waals surface area contributed by atoms with E-state index in [9.17, 15) is 4.79 Å². The quantitative estimate of drug-likeness (QED) is 0.815. The van der Waals surface area contributed by atoms with Crippen LogP contribution in [0.4, 0.5) is 0 Å². The number of nitrogens with two attached hydrogens (primary N) is 1. The van der Waals surface area contributed by atoms with E-state index in [0.717, 1.165) is 6.54 Å². The molecule has 0 aromatic heterocycles. The molecule has 0 radical (unpaired) electrons. The number of hydrogen-bond acceptors (Lipinski definition) is 3. The van der Waals surface area contributed by atoms with E-state index in [1.54, 1.807) is 0 Å². The molecule has 1 amide bonds. The molecule has 4 heteroatoms. The maximum absolute atomic E-state index is 12.0. The molecule has 0 unspecified atom stereocenters. The van der Waals surface area contributed by atoms with Crippen LogP contribution < -0.4 is 5.73 Å². The number of carbonyl (C=O) groups is 1. The molecule has 2 atom stereocenters. The summed E-state index contributed by atoms with van der Waals surface area (Å²) in [6, 6.07) is 10.2. The first-order chi connectivity index (χ1) is 9.22. The van der Waals surface area contributed by atoms with Crippen LogP contribution >= 0.6 is 0 Å². The number of amides is 1. The topological polar surface area (TPSA) is 55.6 Å². The van der Waals surface area contributed by atoms with Crippen molar-refractivity contribution in [3.63, 3.8) is 0 Å². The molecule has 1 aromatic rings. The Bertz CT molecular complexity index is 408. The molecule has 0 bridgehead atoms. The molecule has 1 aliphatic rings. The van der Waals surface area contributed by atoms with Crippen molar-refractivity contribution >= 4 is 5.91 Å². The zero-order valence-electron chi connectivity index (χ0n) is 11.4. The highest BCUT2D eigenvalue weighted by molar-refractivity contribution is 5.76. The summed E-state index contributed by atoms with van der Waals surface area (Å²) in [5, 5.41) is 0. The lowest BCUT2D eigenvalue weighted by molar-refractivity contribution is -0.131. The molecule has 1 aliphatic heterocycles. The molecule has 1 heterocycles. The van der Waals surface area contributed by atoms with Crippen molar-refractivity contribution in [3.05, 3.63) is 35.9 Å². The maximum atomic E-state index is 12.0. The van der Waals surface area contributed by atoms with E-state index in [1.165, 1.54) is 5.56 Å². The van der Waals surface area contributed by atoms with Crippen molar-refractivity contribution in [1.82, 2.24) is 4.90 Å². The highest BCUT2D eigenvalue weighted by Gasteiger charge is 2.33.